The molecule has 0 heterocycles. The topological polar surface area (TPSA) is 74.6 Å². The Hall–Kier alpha value is -1.26. The van der Waals surface area contributed by atoms with E-state index in [1.165, 1.54) is 88.2 Å². The van der Waals surface area contributed by atoms with Crippen molar-refractivity contribution in [3.63, 3.8) is 0 Å². The Balaban J connectivity index is 0.000000177. The van der Waals surface area contributed by atoms with Crippen molar-refractivity contribution in [3.05, 3.63) is 23.3 Å². The van der Waals surface area contributed by atoms with Crippen LogP contribution >= 0.6 is 0 Å². The van der Waals surface area contributed by atoms with Crippen LogP contribution in [-0.4, -0.2) is 34.0 Å². The molecule has 0 aliphatic heterocycles. The molecule has 58 heavy (non-hydrogen) atoms. The third kappa shape index (κ3) is 7.98. The Bertz CT molecular complexity index is 1550. The highest BCUT2D eigenvalue weighted by atomic mass is 16.3. The van der Waals surface area contributed by atoms with Crippen molar-refractivity contribution < 1.29 is 19.8 Å². The van der Waals surface area contributed by atoms with E-state index in [4.69, 9.17) is 0 Å². The van der Waals surface area contributed by atoms with Gasteiger partial charge in [-0.2, -0.15) is 0 Å². The van der Waals surface area contributed by atoms with Gasteiger partial charge in [0.05, 0.1) is 12.2 Å². The summed E-state index contributed by atoms with van der Waals surface area (Å²) in [5.74, 6) is 8.24. The van der Waals surface area contributed by atoms with Crippen molar-refractivity contribution in [3.8, 4) is 0 Å². The van der Waals surface area contributed by atoms with E-state index in [2.05, 4.69) is 75.3 Å². The van der Waals surface area contributed by atoms with E-state index >= 15 is 0 Å². The first kappa shape index (κ1) is 44.8. The molecule has 0 spiro atoms. The van der Waals surface area contributed by atoms with Gasteiger partial charge in [0.1, 0.15) is 5.78 Å². The van der Waals surface area contributed by atoms with Crippen molar-refractivity contribution >= 4 is 11.6 Å². The first-order chi connectivity index (χ1) is 27.3. The summed E-state index contributed by atoms with van der Waals surface area (Å²) in [6.45, 7) is 24.1. The predicted octanol–water partition coefficient (Wildman–Crippen LogP) is 13.1. The van der Waals surface area contributed by atoms with E-state index < -0.39 is 0 Å². The molecule has 6 saturated carbocycles. The maximum absolute atomic E-state index is 13.4. The number of aliphatic hydroxyl groups is 2. The molecule has 0 unspecified atom stereocenters. The van der Waals surface area contributed by atoms with Crippen LogP contribution < -0.4 is 0 Å². The van der Waals surface area contributed by atoms with Gasteiger partial charge < -0.3 is 10.2 Å². The Kier molecular flexibility index (Phi) is 13.2. The molecule has 328 valence electrons. The molecule has 4 nitrogen and oxygen atoms in total. The molecule has 0 radical (unpaired) electrons. The van der Waals surface area contributed by atoms with Gasteiger partial charge in [0.15, 0.2) is 5.78 Å². The van der Waals surface area contributed by atoms with Gasteiger partial charge in [-0.05, 0) is 177 Å². The molecule has 0 amide bonds. The monoisotopic (exact) mass is 801 g/mol. The highest BCUT2D eigenvalue weighted by molar-refractivity contribution is 5.94. The highest BCUT2D eigenvalue weighted by Gasteiger charge is 2.63. The second kappa shape index (κ2) is 17.1. The largest absolute Gasteiger partial charge is 0.393 e. The number of fused-ring (bicyclic) bond motifs is 10. The van der Waals surface area contributed by atoms with Crippen LogP contribution in [0, 0.1) is 92.7 Å². The standard InChI is InChI=1S/2C27H44O2/c1-17(2)7-6-8-18(3)21-9-10-22-25-23(12-14-27(21,22)5)26(4)13-11-20(28)15-19(26)16-24(25)29;1-17(2)7-6-8-18(3)25-24(29)16-23-21-10-9-19-15-20(28)11-13-26(19,4)22(21)12-14-27(23,25)5/h16-18,20-23,25,28H,6-15H2,1-5H3;9,17-18,20-23,25,28H,6-8,10-16H2,1-5H3/t18-,20+,21-,22+,23+,25+,26+,27-;18-,20+,21-,22+,23+,25+,26+,27+/m11/s1. The molecule has 6 fully saturated rings. The molecule has 0 aromatic carbocycles. The Morgan fingerprint density at radius 3 is 1.81 bits per heavy atom. The minimum Gasteiger partial charge on any atom is -0.393 e. The summed E-state index contributed by atoms with van der Waals surface area (Å²) in [7, 11) is 0. The molecule has 0 saturated heterocycles. The molecule has 8 aliphatic carbocycles. The van der Waals surface area contributed by atoms with Crippen LogP contribution in [-0.2, 0) is 9.59 Å². The number of ketones is 2. The molecule has 2 N–H and O–H groups in total. The number of carbonyl (C=O) groups is 2. The van der Waals surface area contributed by atoms with Gasteiger partial charge in [-0.3, -0.25) is 9.59 Å². The highest BCUT2D eigenvalue weighted by Crippen LogP contribution is 2.68. The summed E-state index contributed by atoms with van der Waals surface area (Å²) in [4.78, 5) is 26.7. The third-order valence-corrected chi connectivity index (χ3v) is 20.1. The molecule has 8 aliphatic rings. The van der Waals surface area contributed by atoms with Gasteiger partial charge in [-0.1, -0.05) is 119 Å². The fourth-order valence-electron chi connectivity index (χ4n) is 16.9. The number of Topliss-reactive ketones (excluding diaryl/α,β-unsaturated/α-hetero) is 1. The average Bonchev–Trinajstić information content (AvgIpc) is 3.65. The summed E-state index contributed by atoms with van der Waals surface area (Å²) < 4.78 is 0. The fraction of sp³-hybridized carbons (Fsp3) is 0.889. The van der Waals surface area contributed by atoms with Crippen molar-refractivity contribution in [2.45, 2.75) is 210 Å². The van der Waals surface area contributed by atoms with Crippen LogP contribution in [0.25, 0.3) is 0 Å². The van der Waals surface area contributed by atoms with E-state index in [9.17, 15) is 19.8 Å². The van der Waals surface area contributed by atoms with Crippen molar-refractivity contribution in [1.29, 1.82) is 0 Å². The van der Waals surface area contributed by atoms with Crippen LogP contribution in [0.4, 0.5) is 0 Å². The lowest BCUT2D eigenvalue weighted by Gasteiger charge is -2.58. The lowest BCUT2D eigenvalue weighted by Crippen LogP contribution is -2.53. The first-order valence-corrected chi connectivity index (χ1v) is 25.2. The number of hydrogen-bond acceptors (Lipinski definition) is 4. The zero-order valence-electron chi connectivity index (χ0n) is 39.1. The molecule has 0 aromatic heterocycles. The van der Waals surface area contributed by atoms with Crippen LogP contribution in [0.15, 0.2) is 23.3 Å². The fourth-order valence-corrected chi connectivity index (χ4v) is 16.9. The normalized spacial score (nSPS) is 45.4. The maximum atomic E-state index is 13.4. The van der Waals surface area contributed by atoms with Gasteiger partial charge >= 0.3 is 0 Å². The van der Waals surface area contributed by atoms with E-state index in [0.717, 1.165) is 81.0 Å². The van der Waals surface area contributed by atoms with Crippen LogP contribution in [0.5, 0.6) is 0 Å². The second-order valence-corrected chi connectivity index (χ2v) is 24.3. The Morgan fingerprint density at radius 1 is 0.603 bits per heavy atom. The zero-order chi connectivity index (χ0) is 41.9. The van der Waals surface area contributed by atoms with E-state index in [0.29, 0.717) is 46.6 Å². The molecule has 0 aromatic rings. The number of hydrogen-bond donors (Lipinski definition) is 2. The lowest BCUT2D eigenvalue weighted by atomic mass is 9.46. The zero-order valence-corrected chi connectivity index (χ0v) is 39.1. The van der Waals surface area contributed by atoms with E-state index in [1.54, 1.807) is 0 Å². The summed E-state index contributed by atoms with van der Waals surface area (Å²) in [6, 6.07) is 0. The summed E-state index contributed by atoms with van der Waals surface area (Å²) >= 11 is 0. The first-order valence-electron chi connectivity index (χ1n) is 25.2. The van der Waals surface area contributed by atoms with Gasteiger partial charge in [0, 0.05) is 18.3 Å². The van der Waals surface area contributed by atoms with Crippen molar-refractivity contribution in [2.24, 2.45) is 92.7 Å². The Labute approximate surface area is 356 Å². The third-order valence-electron chi connectivity index (χ3n) is 20.1. The molecule has 16 atom stereocenters. The van der Waals surface area contributed by atoms with Crippen LogP contribution in [0.3, 0.4) is 0 Å². The van der Waals surface area contributed by atoms with E-state index in [-0.39, 0.29) is 40.3 Å². The Morgan fingerprint density at radius 2 is 1.17 bits per heavy atom. The summed E-state index contributed by atoms with van der Waals surface area (Å²) in [5, 5.41) is 20.4. The number of rotatable bonds is 10. The van der Waals surface area contributed by atoms with Crippen LogP contribution in [0.1, 0.15) is 198 Å². The smallest absolute Gasteiger partial charge is 0.159 e. The SMILES string of the molecule is CC(C)CCC[C@@H](C)[C@H]1C(=O)C[C@H]2[C@@H]3CC=C4C[C@@H](O)CC[C@]4(C)[C@H]3CC[C@]12C.CC(C)CCC[C@@H](C)[C@H]1CC[C@H]2[C@@H]3C(=O)C=C4C[C@@H](O)CC[C@]4(C)[C@H]3CC[C@]12C. The van der Waals surface area contributed by atoms with E-state index in [1.807, 2.05) is 6.08 Å². The molecular weight excluding hydrogens is 713 g/mol. The maximum Gasteiger partial charge on any atom is 0.159 e. The van der Waals surface area contributed by atoms with Gasteiger partial charge in [-0.15, -0.1) is 0 Å². The number of allylic oxidation sites excluding steroid dienone is 2. The molecular formula is C54H88O4. The molecule has 0 bridgehead atoms. The van der Waals surface area contributed by atoms with Crippen molar-refractivity contribution in [1.82, 2.24) is 0 Å². The average molecular weight is 801 g/mol. The number of carbonyl (C=O) groups excluding carboxylic acids is 2. The minimum atomic E-state index is -0.241. The van der Waals surface area contributed by atoms with Gasteiger partial charge in [0.25, 0.3) is 0 Å². The van der Waals surface area contributed by atoms with Crippen molar-refractivity contribution in [2.75, 3.05) is 0 Å². The molecule has 4 heteroatoms. The van der Waals surface area contributed by atoms with Gasteiger partial charge in [0.2, 0.25) is 0 Å². The van der Waals surface area contributed by atoms with Crippen LogP contribution in [0.2, 0.25) is 0 Å². The quantitative estimate of drug-likeness (QED) is 0.216. The second-order valence-electron chi connectivity index (χ2n) is 24.3. The predicted molar refractivity (Wildman–Crippen MR) is 239 cm³/mol. The minimum absolute atomic E-state index is 0.135. The number of aliphatic hydroxyl groups excluding tert-OH is 2. The molecule has 8 rings (SSSR count). The summed E-state index contributed by atoms with van der Waals surface area (Å²) in [5.41, 5.74) is 3.79. The summed E-state index contributed by atoms with van der Waals surface area (Å²) in [6.07, 6.45) is 27.2. The lowest BCUT2D eigenvalue weighted by molar-refractivity contribution is -0.135. The van der Waals surface area contributed by atoms with Gasteiger partial charge in [-0.25, -0.2) is 0 Å².